The third kappa shape index (κ3) is 3.38. The molecule has 6 heteroatoms. The predicted molar refractivity (Wildman–Crippen MR) is 96.4 cm³/mol. The van der Waals surface area contributed by atoms with Crippen LogP contribution in [-0.2, 0) is 22.6 Å². The molecule has 3 heterocycles. The summed E-state index contributed by atoms with van der Waals surface area (Å²) >= 11 is 0. The van der Waals surface area contributed by atoms with E-state index in [0.29, 0.717) is 18.5 Å². The SMILES string of the molecule is O=C1CCC(N2Cc3cc(CCC4CCNCC4)ccc3C2=O)C(=O)N1. The van der Waals surface area contributed by atoms with Crippen LogP contribution in [0.2, 0.25) is 0 Å². The molecule has 4 rings (SSSR count). The standard InChI is InChI=1S/C20H25N3O3/c24-18-6-5-17(19(25)22-18)23-12-15-11-14(3-4-16(15)20(23)26)2-1-13-7-9-21-10-8-13/h3-4,11,13,17,21H,1-2,5-10,12H2,(H,22,24,25). The largest absolute Gasteiger partial charge is 0.322 e. The van der Waals surface area contributed by atoms with Gasteiger partial charge < -0.3 is 10.2 Å². The highest BCUT2D eigenvalue weighted by Crippen LogP contribution is 2.29. The van der Waals surface area contributed by atoms with Gasteiger partial charge in [-0.3, -0.25) is 19.7 Å². The molecule has 1 atom stereocenters. The molecule has 0 radical (unpaired) electrons. The van der Waals surface area contributed by atoms with Gasteiger partial charge in [0.25, 0.3) is 5.91 Å². The van der Waals surface area contributed by atoms with Gasteiger partial charge in [0, 0.05) is 18.5 Å². The number of rotatable bonds is 4. The first kappa shape index (κ1) is 17.2. The average Bonchev–Trinajstić information content (AvgIpc) is 2.97. The lowest BCUT2D eigenvalue weighted by atomic mass is 9.91. The Bertz CT molecular complexity index is 740. The zero-order chi connectivity index (χ0) is 18.1. The molecule has 26 heavy (non-hydrogen) atoms. The summed E-state index contributed by atoms with van der Waals surface area (Å²) in [5, 5.41) is 5.74. The number of fused-ring (bicyclic) bond motifs is 1. The van der Waals surface area contributed by atoms with Crippen LogP contribution in [0.4, 0.5) is 0 Å². The van der Waals surface area contributed by atoms with Crippen LogP contribution in [0.5, 0.6) is 0 Å². The summed E-state index contributed by atoms with van der Waals surface area (Å²) in [5.41, 5.74) is 2.96. The normalized spacial score (nSPS) is 23.9. The number of benzene rings is 1. The summed E-state index contributed by atoms with van der Waals surface area (Å²) in [7, 11) is 0. The molecular weight excluding hydrogens is 330 g/mol. The van der Waals surface area contributed by atoms with Gasteiger partial charge in [0.15, 0.2) is 0 Å². The van der Waals surface area contributed by atoms with Gasteiger partial charge in [-0.2, -0.15) is 0 Å². The molecule has 2 N–H and O–H groups in total. The van der Waals surface area contributed by atoms with Gasteiger partial charge in [0.05, 0.1) is 0 Å². The summed E-state index contributed by atoms with van der Waals surface area (Å²) in [6.07, 6.45) is 5.40. The smallest absolute Gasteiger partial charge is 0.255 e. The third-order valence-corrected chi connectivity index (χ3v) is 5.89. The van der Waals surface area contributed by atoms with Crippen LogP contribution in [0.25, 0.3) is 0 Å². The van der Waals surface area contributed by atoms with Crippen molar-refractivity contribution in [3.8, 4) is 0 Å². The maximum atomic E-state index is 12.7. The molecule has 1 aromatic rings. The molecule has 1 unspecified atom stereocenters. The molecule has 0 bridgehead atoms. The molecule has 0 aliphatic carbocycles. The first-order chi connectivity index (χ1) is 12.6. The molecule has 0 aromatic heterocycles. The molecule has 1 aromatic carbocycles. The van der Waals surface area contributed by atoms with Gasteiger partial charge in [-0.1, -0.05) is 12.1 Å². The van der Waals surface area contributed by atoms with Crippen LogP contribution in [-0.4, -0.2) is 41.8 Å². The Balaban J connectivity index is 1.43. The quantitative estimate of drug-likeness (QED) is 0.800. The minimum Gasteiger partial charge on any atom is -0.322 e. The molecule has 0 spiro atoms. The summed E-state index contributed by atoms with van der Waals surface area (Å²) in [6.45, 7) is 2.69. The number of carbonyl (C=O) groups excluding carboxylic acids is 3. The van der Waals surface area contributed by atoms with Gasteiger partial charge in [-0.15, -0.1) is 0 Å². The molecular formula is C20H25N3O3. The van der Waals surface area contributed by atoms with Crippen molar-refractivity contribution in [2.24, 2.45) is 5.92 Å². The van der Waals surface area contributed by atoms with E-state index >= 15 is 0 Å². The second-order valence-electron chi connectivity index (χ2n) is 7.62. The number of imide groups is 1. The Hall–Kier alpha value is -2.21. The highest BCUT2D eigenvalue weighted by molar-refractivity contribution is 6.05. The zero-order valence-corrected chi connectivity index (χ0v) is 14.9. The van der Waals surface area contributed by atoms with Crippen LogP contribution in [0.3, 0.4) is 0 Å². The summed E-state index contributed by atoms with van der Waals surface area (Å²) < 4.78 is 0. The monoisotopic (exact) mass is 355 g/mol. The first-order valence-corrected chi connectivity index (χ1v) is 9.59. The topological polar surface area (TPSA) is 78.5 Å². The van der Waals surface area contributed by atoms with Crippen molar-refractivity contribution in [1.29, 1.82) is 0 Å². The van der Waals surface area contributed by atoms with E-state index in [0.717, 1.165) is 31.0 Å². The van der Waals surface area contributed by atoms with Gasteiger partial charge in [-0.25, -0.2) is 0 Å². The first-order valence-electron chi connectivity index (χ1n) is 9.59. The Morgan fingerprint density at radius 1 is 1.08 bits per heavy atom. The highest BCUT2D eigenvalue weighted by atomic mass is 16.2. The van der Waals surface area contributed by atoms with Crippen molar-refractivity contribution >= 4 is 17.7 Å². The van der Waals surface area contributed by atoms with Crippen LogP contribution in [0.1, 0.15) is 53.6 Å². The van der Waals surface area contributed by atoms with Crippen molar-refractivity contribution in [2.75, 3.05) is 13.1 Å². The van der Waals surface area contributed by atoms with E-state index in [4.69, 9.17) is 0 Å². The Kier molecular flexibility index (Phi) is 4.76. The Morgan fingerprint density at radius 2 is 1.88 bits per heavy atom. The minimum absolute atomic E-state index is 0.0978. The summed E-state index contributed by atoms with van der Waals surface area (Å²) in [4.78, 5) is 37.8. The maximum absolute atomic E-state index is 12.7. The van der Waals surface area contributed by atoms with E-state index in [9.17, 15) is 14.4 Å². The van der Waals surface area contributed by atoms with E-state index in [-0.39, 0.29) is 24.1 Å². The van der Waals surface area contributed by atoms with Crippen LogP contribution in [0, 0.1) is 5.92 Å². The second kappa shape index (κ2) is 7.19. The number of aryl methyl sites for hydroxylation is 1. The van der Waals surface area contributed by atoms with Crippen molar-refractivity contribution in [3.05, 3.63) is 34.9 Å². The molecule has 3 amide bonds. The van der Waals surface area contributed by atoms with Gasteiger partial charge in [-0.05, 0) is 68.3 Å². The van der Waals surface area contributed by atoms with Crippen molar-refractivity contribution in [3.63, 3.8) is 0 Å². The van der Waals surface area contributed by atoms with Crippen molar-refractivity contribution in [1.82, 2.24) is 15.5 Å². The molecule has 2 saturated heterocycles. The Labute approximate surface area is 153 Å². The molecule has 0 saturated carbocycles. The van der Waals surface area contributed by atoms with Gasteiger partial charge >= 0.3 is 0 Å². The number of nitrogens with zero attached hydrogens (tertiary/aromatic N) is 1. The summed E-state index contributed by atoms with van der Waals surface area (Å²) in [6, 6.07) is 5.54. The lowest BCUT2D eigenvalue weighted by Gasteiger charge is -2.29. The maximum Gasteiger partial charge on any atom is 0.255 e. The van der Waals surface area contributed by atoms with E-state index in [2.05, 4.69) is 16.7 Å². The Morgan fingerprint density at radius 3 is 2.65 bits per heavy atom. The number of carbonyl (C=O) groups is 3. The number of hydrogen-bond acceptors (Lipinski definition) is 4. The third-order valence-electron chi connectivity index (χ3n) is 5.89. The average molecular weight is 355 g/mol. The molecule has 2 fully saturated rings. The molecule has 3 aliphatic heterocycles. The predicted octanol–water partition coefficient (Wildman–Crippen LogP) is 1.38. The van der Waals surface area contributed by atoms with Gasteiger partial charge in [0.2, 0.25) is 11.8 Å². The van der Waals surface area contributed by atoms with E-state index in [1.54, 1.807) is 4.90 Å². The fourth-order valence-electron chi connectivity index (χ4n) is 4.32. The fourth-order valence-corrected chi connectivity index (χ4v) is 4.32. The van der Waals surface area contributed by atoms with E-state index in [1.807, 2.05) is 12.1 Å². The number of nitrogens with one attached hydrogen (secondary N) is 2. The highest BCUT2D eigenvalue weighted by Gasteiger charge is 2.39. The number of hydrogen-bond donors (Lipinski definition) is 2. The molecule has 6 nitrogen and oxygen atoms in total. The zero-order valence-electron chi connectivity index (χ0n) is 14.9. The number of piperidine rings is 2. The molecule has 3 aliphatic rings. The van der Waals surface area contributed by atoms with Crippen LogP contribution >= 0.6 is 0 Å². The van der Waals surface area contributed by atoms with Crippen molar-refractivity contribution < 1.29 is 14.4 Å². The number of amides is 3. The fraction of sp³-hybridized carbons (Fsp3) is 0.550. The van der Waals surface area contributed by atoms with Crippen LogP contribution in [0.15, 0.2) is 18.2 Å². The summed E-state index contributed by atoms with van der Waals surface area (Å²) in [5.74, 6) is 0.0784. The van der Waals surface area contributed by atoms with E-state index in [1.165, 1.54) is 24.8 Å². The van der Waals surface area contributed by atoms with Gasteiger partial charge in [0.1, 0.15) is 6.04 Å². The van der Waals surface area contributed by atoms with E-state index < -0.39 is 6.04 Å². The minimum atomic E-state index is -0.536. The second-order valence-corrected chi connectivity index (χ2v) is 7.62. The lowest BCUT2D eigenvalue weighted by molar-refractivity contribution is -0.136. The van der Waals surface area contributed by atoms with Crippen LogP contribution < -0.4 is 10.6 Å². The van der Waals surface area contributed by atoms with Crippen molar-refractivity contribution in [2.45, 2.75) is 51.1 Å². The lowest BCUT2D eigenvalue weighted by Crippen LogP contribution is -2.52. The molecule has 138 valence electrons.